The topological polar surface area (TPSA) is 42.4 Å². The fraction of sp³-hybridized carbons (Fsp3) is 0.0167. The lowest BCUT2D eigenvalue weighted by Crippen LogP contribution is -2.26. The van der Waals surface area contributed by atoms with Crippen LogP contribution in [-0.4, -0.2) is 4.98 Å². The van der Waals surface area contributed by atoms with Crippen LogP contribution in [0, 0.1) is 0 Å². The van der Waals surface area contributed by atoms with Crippen LogP contribution in [0.4, 0.5) is 17.1 Å². The molecule has 2 aliphatic rings. The minimum absolute atomic E-state index is 0.486. The SMILES string of the molecule is c1ccc(-c2ccc(N(c3ccc4c(c3)C3(c5ccccc5-c5ccccc53)c3ccccc3-4)c3cccc4oc5c(-c6nc7ccccc7o6)c6ccccc6cc5c34)cc2)cc1. The second-order valence-corrected chi connectivity index (χ2v) is 17.0. The molecule has 0 radical (unpaired) electrons. The van der Waals surface area contributed by atoms with E-state index in [1.54, 1.807) is 0 Å². The van der Waals surface area contributed by atoms with E-state index in [1.165, 1.54) is 50.1 Å². The summed E-state index contributed by atoms with van der Waals surface area (Å²) in [7, 11) is 0. The van der Waals surface area contributed by atoms with Gasteiger partial charge in [0.15, 0.2) is 5.58 Å². The summed E-state index contributed by atoms with van der Waals surface area (Å²) in [5.74, 6) is 0.539. The fourth-order valence-electron chi connectivity index (χ4n) is 11.1. The van der Waals surface area contributed by atoms with Crippen LogP contribution >= 0.6 is 0 Å². The number of rotatable bonds is 5. The van der Waals surface area contributed by atoms with Gasteiger partial charge in [0.25, 0.3) is 0 Å². The molecule has 2 aromatic heterocycles. The monoisotopic (exact) mass is 816 g/mol. The molecule has 0 aliphatic heterocycles. The summed E-state index contributed by atoms with van der Waals surface area (Å²) in [5, 5.41) is 4.12. The summed E-state index contributed by atoms with van der Waals surface area (Å²) >= 11 is 0. The molecule has 12 aromatic rings. The lowest BCUT2D eigenvalue weighted by atomic mass is 9.70. The summed E-state index contributed by atoms with van der Waals surface area (Å²) in [6.07, 6.45) is 0. The van der Waals surface area contributed by atoms with E-state index in [2.05, 4.69) is 199 Å². The molecule has 1 spiro atoms. The predicted octanol–water partition coefficient (Wildman–Crippen LogP) is 16.0. The number of fused-ring (bicyclic) bond motifs is 15. The number of aromatic nitrogens is 1. The summed E-state index contributed by atoms with van der Waals surface area (Å²) in [4.78, 5) is 7.44. The molecule has 0 saturated carbocycles. The number of nitrogens with zero attached hydrogens (tertiary/aromatic N) is 2. The Morgan fingerprint density at radius 1 is 0.406 bits per heavy atom. The van der Waals surface area contributed by atoms with Crippen molar-refractivity contribution in [1.29, 1.82) is 0 Å². The first-order chi connectivity index (χ1) is 31.7. The Balaban J connectivity index is 1.05. The maximum atomic E-state index is 7.03. The zero-order valence-corrected chi connectivity index (χ0v) is 34.5. The van der Waals surface area contributed by atoms with E-state index in [9.17, 15) is 0 Å². The molecule has 0 fully saturated rings. The molecule has 2 heterocycles. The van der Waals surface area contributed by atoms with Crippen molar-refractivity contribution in [1.82, 2.24) is 4.98 Å². The largest absolute Gasteiger partial charge is 0.455 e. The van der Waals surface area contributed by atoms with Crippen molar-refractivity contribution >= 4 is 60.9 Å². The fourth-order valence-corrected chi connectivity index (χ4v) is 11.1. The molecular formula is C60H36N2O2. The molecule has 0 N–H and O–H groups in total. The predicted molar refractivity (Wildman–Crippen MR) is 261 cm³/mol. The minimum atomic E-state index is -0.486. The number of anilines is 3. The lowest BCUT2D eigenvalue weighted by Gasteiger charge is -2.32. The van der Waals surface area contributed by atoms with Crippen molar-refractivity contribution in [2.45, 2.75) is 5.41 Å². The number of para-hydroxylation sites is 2. The highest BCUT2D eigenvalue weighted by Crippen LogP contribution is 2.63. The van der Waals surface area contributed by atoms with E-state index < -0.39 is 5.41 Å². The molecule has 4 heteroatoms. The third kappa shape index (κ3) is 4.79. The molecule has 2 aliphatic carbocycles. The Hall–Kier alpha value is -8.47. The summed E-state index contributed by atoms with van der Waals surface area (Å²) in [6, 6.07) is 78.7. The van der Waals surface area contributed by atoms with Crippen LogP contribution in [0.15, 0.2) is 227 Å². The molecule has 298 valence electrons. The van der Waals surface area contributed by atoms with E-state index in [0.717, 1.165) is 72.0 Å². The van der Waals surface area contributed by atoms with Crippen LogP contribution < -0.4 is 4.90 Å². The van der Waals surface area contributed by atoms with Gasteiger partial charge in [0.1, 0.15) is 16.7 Å². The van der Waals surface area contributed by atoms with Crippen molar-refractivity contribution in [3.05, 3.63) is 241 Å². The number of furan rings is 1. The smallest absolute Gasteiger partial charge is 0.231 e. The van der Waals surface area contributed by atoms with E-state index in [0.29, 0.717) is 5.89 Å². The highest BCUT2D eigenvalue weighted by molar-refractivity contribution is 6.21. The van der Waals surface area contributed by atoms with Crippen molar-refractivity contribution in [2.24, 2.45) is 0 Å². The van der Waals surface area contributed by atoms with Crippen LogP contribution in [0.5, 0.6) is 0 Å². The molecule has 0 amide bonds. The molecule has 0 bridgehead atoms. The quantitative estimate of drug-likeness (QED) is 0.174. The lowest BCUT2D eigenvalue weighted by molar-refractivity contribution is 0.616. The second kappa shape index (κ2) is 13.3. The van der Waals surface area contributed by atoms with Crippen molar-refractivity contribution in [3.8, 4) is 44.8 Å². The van der Waals surface area contributed by atoms with Gasteiger partial charge in [-0.2, -0.15) is 0 Å². The van der Waals surface area contributed by atoms with Gasteiger partial charge in [0, 0.05) is 16.8 Å². The van der Waals surface area contributed by atoms with Crippen LogP contribution in [0.1, 0.15) is 22.3 Å². The van der Waals surface area contributed by atoms with Gasteiger partial charge in [-0.1, -0.05) is 164 Å². The molecule has 0 atom stereocenters. The molecule has 10 aromatic carbocycles. The summed E-state index contributed by atoms with van der Waals surface area (Å²) in [5.41, 5.74) is 19.2. The first-order valence-electron chi connectivity index (χ1n) is 21.9. The zero-order valence-electron chi connectivity index (χ0n) is 34.5. The van der Waals surface area contributed by atoms with E-state index in [-0.39, 0.29) is 0 Å². The van der Waals surface area contributed by atoms with Gasteiger partial charge in [-0.25, -0.2) is 4.98 Å². The Labute approximate surface area is 368 Å². The van der Waals surface area contributed by atoms with Gasteiger partial charge in [-0.3, -0.25) is 0 Å². The normalized spacial score (nSPS) is 13.1. The van der Waals surface area contributed by atoms with Crippen LogP contribution in [0.3, 0.4) is 0 Å². The highest BCUT2D eigenvalue weighted by Gasteiger charge is 2.51. The minimum Gasteiger partial charge on any atom is -0.455 e. The van der Waals surface area contributed by atoms with Crippen LogP contribution in [-0.2, 0) is 5.41 Å². The zero-order chi connectivity index (χ0) is 41.9. The van der Waals surface area contributed by atoms with E-state index in [1.807, 2.05) is 24.3 Å². The van der Waals surface area contributed by atoms with Crippen molar-refractivity contribution in [3.63, 3.8) is 0 Å². The molecule has 14 rings (SSSR count). The summed E-state index contributed by atoms with van der Waals surface area (Å²) < 4.78 is 13.5. The average molecular weight is 817 g/mol. The van der Waals surface area contributed by atoms with E-state index in [4.69, 9.17) is 13.8 Å². The maximum Gasteiger partial charge on any atom is 0.231 e. The number of hydrogen-bond donors (Lipinski definition) is 0. The number of hydrogen-bond acceptors (Lipinski definition) is 4. The molecule has 0 unspecified atom stereocenters. The van der Waals surface area contributed by atoms with Gasteiger partial charge in [0.05, 0.1) is 22.1 Å². The third-order valence-electron chi connectivity index (χ3n) is 13.7. The first-order valence-corrected chi connectivity index (χ1v) is 21.9. The van der Waals surface area contributed by atoms with Crippen LogP contribution in [0.2, 0.25) is 0 Å². The Kier molecular flexibility index (Phi) is 7.29. The van der Waals surface area contributed by atoms with Gasteiger partial charge in [-0.05, 0) is 121 Å². The van der Waals surface area contributed by atoms with Gasteiger partial charge < -0.3 is 13.7 Å². The highest BCUT2D eigenvalue weighted by atomic mass is 16.4. The van der Waals surface area contributed by atoms with Gasteiger partial charge in [-0.15, -0.1) is 0 Å². The second-order valence-electron chi connectivity index (χ2n) is 17.0. The Bertz CT molecular complexity index is 3760. The molecule has 0 saturated heterocycles. The van der Waals surface area contributed by atoms with Crippen molar-refractivity contribution in [2.75, 3.05) is 4.90 Å². The summed E-state index contributed by atoms with van der Waals surface area (Å²) in [6.45, 7) is 0. The number of benzene rings is 10. The molecule has 64 heavy (non-hydrogen) atoms. The maximum absolute atomic E-state index is 7.03. The average Bonchev–Trinajstić information content (AvgIpc) is 4.11. The molecular weight excluding hydrogens is 781 g/mol. The van der Waals surface area contributed by atoms with Crippen molar-refractivity contribution < 1.29 is 8.83 Å². The Morgan fingerprint density at radius 2 is 1.00 bits per heavy atom. The first kappa shape index (κ1) is 35.2. The van der Waals surface area contributed by atoms with Crippen LogP contribution in [0.25, 0.3) is 88.6 Å². The molecule has 4 nitrogen and oxygen atoms in total. The Morgan fingerprint density at radius 3 is 1.73 bits per heavy atom. The number of oxazole rings is 1. The standard InChI is InChI=1S/C60H36N2O2/c1-2-15-37(16-3-1)38-29-31-40(32-30-38)62(41-33-34-46-45-21-8-11-24-50(45)60(51(46)36-41)48-22-9-6-19-43(48)44-20-7-10-23-49(44)60)53-26-14-28-55-56(53)47-35-39-17-4-5-18-42(39)57(58(47)63-55)59-61-52-25-12-13-27-54(52)64-59/h1-36H. The van der Waals surface area contributed by atoms with Gasteiger partial charge in [0.2, 0.25) is 5.89 Å². The van der Waals surface area contributed by atoms with Gasteiger partial charge >= 0.3 is 0 Å². The van der Waals surface area contributed by atoms with E-state index >= 15 is 0 Å². The third-order valence-corrected chi connectivity index (χ3v) is 13.7.